The minimum Gasteiger partial charge on any atom is -0.305 e. The third kappa shape index (κ3) is 4.52. The van der Waals surface area contributed by atoms with E-state index in [1.54, 1.807) is 0 Å². The summed E-state index contributed by atoms with van der Waals surface area (Å²) in [4.78, 5) is 2.22. The zero-order chi connectivity index (χ0) is 12.0. The number of hydrogen-bond donors (Lipinski definition) is 1. The average Bonchev–Trinajstić information content (AvgIpc) is 2.39. The van der Waals surface area contributed by atoms with Gasteiger partial charge in [-0.25, -0.2) is 8.42 Å². The van der Waals surface area contributed by atoms with Crippen molar-refractivity contribution in [1.82, 2.24) is 10.2 Å². The van der Waals surface area contributed by atoms with Crippen molar-refractivity contribution in [2.75, 3.05) is 37.7 Å². The van der Waals surface area contributed by atoms with Crippen LogP contribution < -0.4 is 5.32 Å². The lowest BCUT2D eigenvalue weighted by Crippen LogP contribution is -2.42. The molecule has 1 heterocycles. The SMILES string of the molecule is C#CCNCC(C)N1CCCS(=O)(=O)CC1. The van der Waals surface area contributed by atoms with E-state index < -0.39 is 9.84 Å². The lowest BCUT2D eigenvalue weighted by atomic mass is 10.2. The van der Waals surface area contributed by atoms with Crippen LogP contribution >= 0.6 is 0 Å². The second kappa shape index (κ2) is 6.24. The molecule has 1 N–H and O–H groups in total. The molecule has 92 valence electrons. The maximum atomic E-state index is 11.4. The van der Waals surface area contributed by atoms with E-state index >= 15 is 0 Å². The maximum absolute atomic E-state index is 11.4. The van der Waals surface area contributed by atoms with Crippen LogP contribution in [-0.2, 0) is 9.84 Å². The van der Waals surface area contributed by atoms with E-state index in [-0.39, 0.29) is 5.75 Å². The Labute approximate surface area is 98.3 Å². The first-order valence-corrected chi connectivity index (χ1v) is 7.46. The number of hydrogen-bond acceptors (Lipinski definition) is 4. The molecule has 0 saturated carbocycles. The summed E-state index contributed by atoms with van der Waals surface area (Å²) < 4.78 is 22.9. The van der Waals surface area contributed by atoms with Crippen molar-refractivity contribution in [2.45, 2.75) is 19.4 Å². The molecule has 0 spiro atoms. The molecule has 5 heteroatoms. The molecule has 0 aromatic rings. The summed E-state index contributed by atoms with van der Waals surface area (Å²) in [6.45, 7) is 4.97. The van der Waals surface area contributed by atoms with E-state index in [1.165, 1.54) is 0 Å². The molecule has 0 amide bonds. The molecule has 0 aromatic heterocycles. The Morgan fingerprint density at radius 2 is 2.19 bits per heavy atom. The summed E-state index contributed by atoms with van der Waals surface area (Å²) >= 11 is 0. The van der Waals surface area contributed by atoms with Gasteiger partial charge in [-0.2, -0.15) is 0 Å². The van der Waals surface area contributed by atoms with Gasteiger partial charge in [-0.1, -0.05) is 5.92 Å². The molecule has 0 aromatic carbocycles. The first kappa shape index (κ1) is 13.5. The van der Waals surface area contributed by atoms with Crippen molar-refractivity contribution in [3.63, 3.8) is 0 Å². The van der Waals surface area contributed by atoms with Gasteiger partial charge >= 0.3 is 0 Å². The highest BCUT2D eigenvalue weighted by Crippen LogP contribution is 2.08. The van der Waals surface area contributed by atoms with Gasteiger partial charge in [0.1, 0.15) is 0 Å². The summed E-state index contributed by atoms with van der Waals surface area (Å²) in [5, 5.41) is 3.15. The van der Waals surface area contributed by atoms with E-state index in [1.807, 2.05) is 0 Å². The van der Waals surface area contributed by atoms with E-state index in [0.717, 1.165) is 19.5 Å². The molecule has 4 nitrogen and oxygen atoms in total. The fourth-order valence-electron chi connectivity index (χ4n) is 1.88. The van der Waals surface area contributed by atoms with Crippen molar-refractivity contribution >= 4 is 9.84 Å². The van der Waals surface area contributed by atoms with Crippen molar-refractivity contribution in [1.29, 1.82) is 0 Å². The van der Waals surface area contributed by atoms with Crippen molar-refractivity contribution in [3.8, 4) is 12.3 Å². The van der Waals surface area contributed by atoms with Crippen LogP contribution in [0.4, 0.5) is 0 Å². The van der Waals surface area contributed by atoms with E-state index in [0.29, 0.717) is 24.9 Å². The van der Waals surface area contributed by atoms with Gasteiger partial charge in [-0.05, 0) is 19.9 Å². The molecule has 1 unspecified atom stereocenters. The lowest BCUT2D eigenvalue weighted by Gasteiger charge is -2.27. The molecule has 0 aliphatic carbocycles. The number of nitrogens with one attached hydrogen (secondary N) is 1. The molecule has 1 rings (SSSR count). The normalized spacial score (nSPS) is 23.2. The highest BCUT2D eigenvalue weighted by Gasteiger charge is 2.21. The fourth-order valence-corrected chi connectivity index (χ4v) is 3.17. The van der Waals surface area contributed by atoms with E-state index in [9.17, 15) is 8.42 Å². The van der Waals surface area contributed by atoms with Crippen LogP contribution in [0.2, 0.25) is 0 Å². The largest absolute Gasteiger partial charge is 0.305 e. The first-order chi connectivity index (χ1) is 7.55. The Kier molecular flexibility index (Phi) is 5.26. The monoisotopic (exact) mass is 244 g/mol. The van der Waals surface area contributed by atoms with E-state index in [2.05, 4.69) is 23.1 Å². The Morgan fingerprint density at radius 1 is 1.44 bits per heavy atom. The molecular weight excluding hydrogens is 224 g/mol. The Balaban J connectivity index is 2.39. The Bertz CT molecular complexity index is 345. The van der Waals surface area contributed by atoms with Crippen LogP contribution in [0.5, 0.6) is 0 Å². The van der Waals surface area contributed by atoms with Gasteiger partial charge in [0, 0.05) is 19.1 Å². The summed E-state index contributed by atoms with van der Waals surface area (Å²) in [6.07, 6.45) is 5.89. The molecule has 1 saturated heterocycles. The van der Waals surface area contributed by atoms with Crippen LogP contribution in [0.25, 0.3) is 0 Å². The number of nitrogens with zero attached hydrogens (tertiary/aromatic N) is 1. The second-order valence-corrected chi connectivity index (χ2v) is 6.53. The molecule has 1 atom stereocenters. The fraction of sp³-hybridized carbons (Fsp3) is 0.818. The average molecular weight is 244 g/mol. The quantitative estimate of drug-likeness (QED) is 0.546. The second-order valence-electron chi connectivity index (χ2n) is 4.23. The summed E-state index contributed by atoms with van der Waals surface area (Å²) in [7, 11) is -2.81. The van der Waals surface area contributed by atoms with E-state index in [4.69, 9.17) is 6.42 Å². The number of sulfone groups is 1. The molecule has 16 heavy (non-hydrogen) atoms. The minimum atomic E-state index is -2.81. The highest BCUT2D eigenvalue weighted by molar-refractivity contribution is 7.91. The topological polar surface area (TPSA) is 49.4 Å². The van der Waals surface area contributed by atoms with Crippen molar-refractivity contribution in [2.24, 2.45) is 0 Å². The Hall–Kier alpha value is -0.570. The molecule has 0 bridgehead atoms. The van der Waals surface area contributed by atoms with Gasteiger partial charge < -0.3 is 5.32 Å². The van der Waals surface area contributed by atoms with Crippen LogP contribution in [0.1, 0.15) is 13.3 Å². The third-order valence-corrected chi connectivity index (χ3v) is 4.60. The van der Waals surface area contributed by atoms with Crippen LogP contribution in [0.15, 0.2) is 0 Å². The molecule has 1 fully saturated rings. The minimum absolute atomic E-state index is 0.284. The number of terminal acetylenes is 1. The van der Waals surface area contributed by atoms with Gasteiger partial charge in [0.2, 0.25) is 0 Å². The van der Waals surface area contributed by atoms with Crippen LogP contribution in [-0.4, -0.2) is 57.0 Å². The van der Waals surface area contributed by atoms with Gasteiger partial charge in [-0.3, -0.25) is 4.90 Å². The van der Waals surface area contributed by atoms with Crippen molar-refractivity contribution in [3.05, 3.63) is 0 Å². The third-order valence-electron chi connectivity index (χ3n) is 2.88. The van der Waals surface area contributed by atoms with Crippen molar-refractivity contribution < 1.29 is 8.42 Å². The lowest BCUT2D eigenvalue weighted by molar-refractivity contribution is 0.221. The predicted octanol–water partition coefficient (Wildman–Crippen LogP) is -0.282. The van der Waals surface area contributed by atoms with Gasteiger partial charge in [0.15, 0.2) is 9.84 Å². The zero-order valence-electron chi connectivity index (χ0n) is 9.78. The molecule has 1 aliphatic rings. The summed E-state index contributed by atoms with van der Waals surface area (Å²) in [6, 6.07) is 0.335. The standard InChI is InChI=1S/C11H20N2O2S/c1-3-5-12-10-11(2)13-6-4-8-16(14,15)9-7-13/h1,11-12H,4-10H2,2H3. The molecular formula is C11H20N2O2S. The smallest absolute Gasteiger partial charge is 0.151 e. The van der Waals surface area contributed by atoms with Crippen LogP contribution in [0, 0.1) is 12.3 Å². The molecule has 1 aliphatic heterocycles. The predicted molar refractivity (Wildman–Crippen MR) is 66.0 cm³/mol. The molecule has 0 radical (unpaired) electrons. The number of rotatable bonds is 4. The summed E-state index contributed by atoms with van der Waals surface area (Å²) in [5.74, 6) is 3.14. The van der Waals surface area contributed by atoms with Crippen LogP contribution in [0.3, 0.4) is 0 Å². The zero-order valence-corrected chi connectivity index (χ0v) is 10.6. The first-order valence-electron chi connectivity index (χ1n) is 5.64. The van der Waals surface area contributed by atoms with Gasteiger partial charge in [0.25, 0.3) is 0 Å². The van der Waals surface area contributed by atoms with Gasteiger partial charge in [-0.15, -0.1) is 6.42 Å². The highest BCUT2D eigenvalue weighted by atomic mass is 32.2. The van der Waals surface area contributed by atoms with Gasteiger partial charge in [0.05, 0.1) is 18.1 Å². The maximum Gasteiger partial charge on any atom is 0.151 e. The summed E-state index contributed by atoms with van der Waals surface area (Å²) in [5.41, 5.74) is 0. The Morgan fingerprint density at radius 3 is 2.88 bits per heavy atom.